The van der Waals surface area contributed by atoms with Crippen molar-refractivity contribution in [3.63, 3.8) is 0 Å². The van der Waals surface area contributed by atoms with E-state index < -0.39 is 0 Å². The quantitative estimate of drug-likeness (QED) is 0.802. The Morgan fingerprint density at radius 1 is 1.24 bits per heavy atom. The summed E-state index contributed by atoms with van der Waals surface area (Å²) in [5.74, 6) is 0.784. The Hall–Kier alpha value is -0.730. The summed E-state index contributed by atoms with van der Waals surface area (Å²) >= 11 is 0. The highest BCUT2D eigenvalue weighted by atomic mass is 15.4. The number of guanidine groups is 1. The van der Waals surface area contributed by atoms with Gasteiger partial charge in [0.1, 0.15) is 0 Å². The number of nitrogens with zero attached hydrogens (tertiary/aromatic N) is 2. The lowest BCUT2D eigenvalue weighted by Gasteiger charge is -2.39. The molecule has 2 aliphatic rings. The maximum absolute atomic E-state index is 6.07. The number of aliphatic imine (C=N–C) groups is 1. The Morgan fingerprint density at radius 2 is 2.00 bits per heavy atom. The zero-order valence-electron chi connectivity index (χ0n) is 11.6. The fourth-order valence-electron chi connectivity index (χ4n) is 3.36. The monoisotopic (exact) mass is 237 g/mol. The largest absolute Gasteiger partial charge is 0.370 e. The van der Waals surface area contributed by atoms with Gasteiger partial charge >= 0.3 is 0 Å². The molecular weight excluding hydrogens is 210 g/mol. The zero-order chi connectivity index (χ0) is 12.5. The van der Waals surface area contributed by atoms with Gasteiger partial charge in [-0.3, -0.25) is 4.99 Å². The molecule has 1 spiro atoms. The Morgan fingerprint density at radius 3 is 2.71 bits per heavy atom. The predicted molar refractivity (Wildman–Crippen MR) is 73.1 cm³/mol. The summed E-state index contributed by atoms with van der Waals surface area (Å²) in [5, 5.41) is 0. The Bertz CT molecular complexity index is 309. The van der Waals surface area contributed by atoms with Gasteiger partial charge in [0.2, 0.25) is 0 Å². The molecule has 0 aromatic carbocycles. The van der Waals surface area contributed by atoms with Gasteiger partial charge in [0, 0.05) is 6.54 Å². The summed E-state index contributed by atoms with van der Waals surface area (Å²) in [5.41, 5.74) is 6.82. The molecular formula is C14H27N3. The Balaban J connectivity index is 2.13. The number of nitrogens with two attached hydrogens (primary N) is 1. The van der Waals surface area contributed by atoms with Gasteiger partial charge in [-0.2, -0.15) is 0 Å². The van der Waals surface area contributed by atoms with Crippen molar-refractivity contribution in [3.8, 4) is 0 Å². The van der Waals surface area contributed by atoms with Crippen LogP contribution in [-0.2, 0) is 0 Å². The van der Waals surface area contributed by atoms with Gasteiger partial charge < -0.3 is 10.6 Å². The molecule has 1 aliphatic carbocycles. The van der Waals surface area contributed by atoms with Crippen molar-refractivity contribution < 1.29 is 0 Å². The van der Waals surface area contributed by atoms with Gasteiger partial charge in [0.05, 0.1) is 12.1 Å². The molecule has 0 radical (unpaired) electrons. The molecule has 17 heavy (non-hydrogen) atoms. The fraction of sp³-hybridized carbons (Fsp3) is 0.929. The lowest BCUT2D eigenvalue weighted by Crippen LogP contribution is -2.51. The molecule has 98 valence electrons. The first-order valence-electron chi connectivity index (χ1n) is 7.07. The minimum absolute atomic E-state index is 0.258. The summed E-state index contributed by atoms with van der Waals surface area (Å²) in [6.07, 6.45) is 7.63. The maximum atomic E-state index is 6.07. The summed E-state index contributed by atoms with van der Waals surface area (Å²) in [7, 11) is 0. The van der Waals surface area contributed by atoms with Crippen molar-refractivity contribution >= 4 is 5.96 Å². The first-order valence-corrected chi connectivity index (χ1v) is 7.07. The fourth-order valence-corrected chi connectivity index (χ4v) is 3.36. The second kappa shape index (κ2) is 4.51. The van der Waals surface area contributed by atoms with Gasteiger partial charge in [-0.25, -0.2) is 0 Å². The number of hydrogen-bond donors (Lipinski definition) is 1. The highest BCUT2D eigenvalue weighted by Gasteiger charge is 2.43. The Kier molecular flexibility index (Phi) is 3.37. The molecule has 0 saturated heterocycles. The van der Waals surface area contributed by atoms with Crippen LogP contribution in [0.2, 0.25) is 0 Å². The molecule has 0 bridgehead atoms. The van der Waals surface area contributed by atoms with E-state index in [-0.39, 0.29) is 5.54 Å². The number of hydrogen-bond acceptors (Lipinski definition) is 3. The van der Waals surface area contributed by atoms with E-state index in [0.717, 1.165) is 25.5 Å². The average molecular weight is 237 g/mol. The second-order valence-corrected chi connectivity index (χ2v) is 6.57. The second-order valence-electron chi connectivity index (χ2n) is 6.57. The molecule has 0 amide bonds. The van der Waals surface area contributed by atoms with Crippen molar-refractivity contribution in [2.45, 2.75) is 64.8 Å². The van der Waals surface area contributed by atoms with Gasteiger partial charge in [0.15, 0.2) is 5.96 Å². The van der Waals surface area contributed by atoms with Gasteiger partial charge in [-0.05, 0) is 37.5 Å². The highest BCUT2D eigenvalue weighted by Crippen LogP contribution is 2.42. The van der Waals surface area contributed by atoms with E-state index >= 15 is 0 Å². The topological polar surface area (TPSA) is 41.6 Å². The Labute approximate surface area is 105 Å². The van der Waals surface area contributed by atoms with E-state index in [0.29, 0.717) is 5.41 Å². The summed E-state index contributed by atoms with van der Waals surface area (Å²) in [6, 6.07) is 0. The standard InChI is InChI=1S/C14H27N3/c1-4-10-17-12(15)16-11-14(17)7-5-6-13(2,3)8-9-14/h4-11H2,1-3H3,(H2,15,16). The molecule has 1 aliphatic heterocycles. The molecule has 1 fully saturated rings. The van der Waals surface area contributed by atoms with Crippen LogP contribution in [0.25, 0.3) is 0 Å². The summed E-state index contributed by atoms with van der Waals surface area (Å²) in [4.78, 5) is 6.92. The van der Waals surface area contributed by atoms with Crippen LogP contribution in [0.1, 0.15) is 59.3 Å². The smallest absolute Gasteiger partial charge is 0.191 e. The van der Waals surface area contributed by atoms with Crippen LogP contribution in [0.5, 0.6) is 0 Å². The zero-order valence-corrected chi connectivity index (χ0v) is 11.6. The third-order valence-corrected chi connectivity index (χ3v) is 4.59. The maximum Gasteiger partial charge on any atom is 0.191 e. The van der Waals surface area contributed by atoms with Crippen LogP contribution < -0.4 is 5.73 Å². The SMILES string of the molecule is CCCN1C(N)=NCC12CCCC(C)(C)CC2. The average Bonchev–Trinajstić information content (AvgIpc) is 2.48. The van der Waals surface area contributed by atoms with E-state index in [2.05, 4.69) is 30.7 Å². The highest BCUT2D eigenvalue weighted by molar-refractivity contribution is 5.81. The van der Waals surface area contributed by atoms with Crippen LogP contribution in [0.15, 0.2) is 4.99 Å². The van der Waals surface area contributed by atoms with Crippen LogP contribution in [-0.4, -0.2) is 29.5 Å². The molecule has 0 aromatic heterocycles. The first kappa shape index (κ1) is 12.7. The summed E-state index contributed by atoms with van der Waals surface area (Å²) in [6.45, 7) is 9.01. The molecule has 2 N–H and O–H groups in total. The van der Waals surface area contributed by atoms with Crippen LogP contribution in [0.4, 0.5) is 0 Å². The van der Waals surface area contributed by atoms with Crippen molar-refractivity contribution in [2.75, 3.05) is 13.1 Å². The molecule has 0 aromatic rings. The van der Waals surface area contributed by atoms with Crippen molar-refractivity contribution in [1.29, 1.82) is 0 Å². The van der Waals surface area contributed by atoms with Crippen LogP contribution >= 0.6 is 0 Å². The number of rotatable bonds is 2. The van der Waals surface area contributed by atoms with Crippen molar-refractivity contribution in [2.24, 2.45) is 16.1 Å². The van der Waals surface area contributed by atoms with Crippen molar-refractivity contribution in [1.82, 2.24) is 4.90 Å². The molecule has 1 saturated carbocycles. The third-order valence-electron chi connectivity index (χ3n) is 4.59. The molecule has 3 nitrogen and oxygen atoms in total. The van der Waals surface area contributed by atoms with Gasteiger partial charge in [-0.15, -0.1) is 0 Å². The molecule has 1 atom stereocenters. The predicted octanol–water partition coefficient (Wildman–Crippen LogP) is 2.76. The molecule has 1 unspecified atom stereocenters. The molecule has 1 heterocycles. The molecule has 2 rings (SSSR count). The lowest BCUT2D eigenvalue weighted by molar-refractivity contribution is 0.168. The molecule has 3 heteroatoms. The summed E-state index contributed by atoms with van der Waals surface area (Å²) < 4.78 is 0. The minimum Gasteiger partial charge on any atom is -0.370 e. The first-order chi connectivity index (χ1) is 7.99. The minimum atomic E-state index is 0.258. The van der Waals surface area contributed by atoms with E-state index in [1.807, 2.05) is 0 Å². The third kappa shape index (κ3) is 2.43. The van der Waals surface area contributed by atoms with E-state index in [4.69, 9.17) is 5.73 Å². The normalized spacial score (nSPS) is 32.6. The van der Waals surface area contributed by atoms with Gasteiger partial charge in [-0.1, -0.05) is 27.2 Å². The van der Waals surface area contributed by atoms with E-state index in [1.165, 1.54) is 32.1 Å². The van der Waals surface area contributed by atoms with Gasteiger partial charge in [0.25, 0.3) is 0 Å². The lowest BCUT2D eigenvalue weighted by atomic mass is 9.83. The van der Waals surface area contributed by atoms with Crippen LogP contribution in [0.3, 0.4) is 0 Å². The van der Waals surface area contributed by atoms with Crippen LogP contribution in [0, 0.1) is 5.41 Å². The van der Waals surface area contributed by atoms with Crippen molar-refractivity contribution in [3.05, 3.63) is 0 Å². The van der Waals surface area contributed by atoms with E-state index in [9.17, 15) is 0 Å². The van der Waals surface area contributed by atoms with E-state index in [1.54, 1.807) is 0 Å².